The Morgan fingerprint density at radius 2 is 1.58 bits per heavy atom. The van der Waals surface area contributed by atoms with Crippen molar-refractivity contribution in [2.24, 2.45) is 0 Å². The highest BCUT2D eigenvalue weighted by Crippen LogP contribution is 2.32. The molecule has 2 rings (SSSR count). The molecule has 2 heterocycles. The maximum Gasteiger partial charge on any atom is 0.326 e. The molecule has 26 heavy (non-hydrogen) atoms. The molecular weight excluding hydrogens is 352 g/mol. The number of urea groups is 1. The van der Waals surface area contributed by atoms with Gasteiger partial charge in [-0.25, -0.2) is 4.79 Å². The summed E-state index contributed by atoms with van der Waals surface area (Å²) in [5.74, 6) is -2.60. The number of carbonyl (C=O) groups is 5. The number of hydrogen-bond acceptors (Lipinski definition) is 9. The van der Waals surface area contributed by atoms with Gasteiger partial charge < -0.3 is 24.3 Å². The van der Waals surface area contributed by atoms with Crippen LogP contribution in [0.4, 0.5) is 4.79 Å². The highest BCUT2D eigenvalue weighted by Gasteiger charge is 2.58. The van der Waals surface area contributed by atoms with E-state index in [1.165, 1.54) is 13.8 Å². The number of imide groups is 1. The molecule has 5 atom stereocenters. The predicted molar refractivity (Wildman–Crippen MR) is 81.2 cm³/mol. The first-order valence-electron chi connectivity index (χ1n) is 7.85. The van der Waals surface area contributed by atoms with Crippen LogP contribution in [0.25, 0.3) is 0 Å². The van der Waals surface area contributed by atoms with E-state index in [1.807, 2.05) is 0 Å². The van der Waals surface area contributed by atoms with Crippen LogP contribution in [-0.2, 0) is 38.1 Å². The first-order chi connectivity index (χ1) is 12.1. The van der Waals surface area contributed by atoms with Crippen LogP contribution in [0.2, 0.25) is 0 Å². The van der Waals surface area contributed by atoms with Crippen LogP contribution in [-0.4, -0.2) is 71.9 Å². The Bertz CT molecular complexity index is 635. The minimum absolute atomic E-state index is 0.301. The summed E-state index contributed by atoms with van der Waals surface area (Å²) in [5.41, 5.74) is 0. The molecule has 2 fully saturated rings. The van der Waals surface area contributed by atoms with Gasteiger partial charge in [0.15, 0.2) is 18.4 Å². The summed E-state index contributed by atoms with van der Waals surface area (Å²) >= 11 is 0. The van der Waals surface area contributed by atoms with Gasteiger partial charge in [0.25, 0.3) is 0 Å². The Morgan fingerprint density at radius 1 is 1.00 bits per heavy atom. The van der Waals surface area contributed by atoms with Crippen molar-refractivity contribution in [3.05, 3.63) is 0 Å². The number of amides is 3. The number of esters is 3. The van der Waals surface area contributed by atoms with Gasteiger partial charge in [-0.2, -0.15) is 0 Å². The van der Waals surface area contributed by atoms with E-state index in [-0.39, 0.29) is 6.61 Å². The van der Waals surface area contributed by atoms with Gasteiger partial charge in [0.1, 0.15) is 18.8 Å². The molecule has 11 heteroatoms. The fourth-order valence-electron chi connectivity index (χ4n) is 3.00. The quantitative estimate of drug-likeness (QED) is 0.490. The van der Waals surface area contributed by atoms with Crippen LogP contribution in [0.5, 0.6) is 0 Å². The SMILES string of the molecule is CC(=O)OC[C@H]1O[C@H]2NC(=O)N(C(C)=O)[C@H]2[C@@H](OC(C)=O)[C@@H]1OC(C)=O. The monoisotopic (exact) mass is 372 g/mol. The summed E-state index contributed by atoms with van der Waals surface area (Å²) in [7, 11) is 0. The number of nitrogens with zero attached hydrogens (tertiary/aromatic N) is 1. The van der Waals surface area contributed by atoms with Gasteiger partial charge in [0.2, 0.25) is 5.91 Å². The zero-order valence-corrected chi connectivity index (χ0v) is 14.7. The van der Waals surface area contributed by atoms with Crippen molar-refractivity contribution in [1.82, 2.24) is 10.2 Å². The van der Waals surface area contributed by atoms with Gasteiger partial charge in [-0.05, 0) is 0 Å². The lowest BCUT2D eigenvalue weighted by Crippen LogP contribution is -2.64. The maximum atomic E-state index is 12.1. The van der Waals surface area contributed by atoms with E-state index < -0.39 is 60.4 Å². The lowest BCUT2D eigenvalue weighted by molar-refractivity contribution is -0.227. The minimum atomic E-state index is -1.20. The average molecular weight is 372 g/mol. The van der Waals surface area contributed by atoms with Crippen LogP contribution in [0.15, 0.2) is 0 Å². The molecule has 2 aliphatic heterocycles. The smallest absolute Gasteiger partial charge is 0.326 e. The fraction of sp³-hybridized carbons (Fsp3) is 0.667. The topological polar surface area (TPSA) is 138 Å². The first kappa shape index (κ1) is 19.6. The van der Waals surface area contributed by atoms with E-state index in [0.717, 1.165) is 18.7 Å². The van der Waals surface area contributed by atoms with E-state index in [2.05, 4.69) is 5.32 Å². The number of fused-ring (bicyclic) bond motifs is 1. The summed E-state index contributed by atoms with van der Waals surface area (Å²) in [4.78, 5) is 59.0. The Morgan fingerprint density at radius 3 is 2.08 bits per heavy atom. The Kier molecular flexibility index (Phi) is 5.80. The van der Waals surface area contributed by atoms with E-state index in [1.54, 1.807) is 0 Å². The second-order valence-corrected chi connectivity index (χ2v) is 5.87. The molecule has 0 radical (unpaired) electrons. The van der Waals surface area contributed by atoms with Crippen LogP contribution in [0, 0.1) is 0 Å². The molecule has 0 aromatic heterocycles. The zero-order valence-electron chi connectivity index (χ0n) is 14.7. The lowest BCUT2D eigenvalue weighted by atomic mass is 9.95. The highest BCUT2D eigenvalue weighted by molar-refractivity contribution is 5.95. The molecule has 2 aliphatic rings. The third kappa shape index (κ3) is 4.10. The molecule has 0 unspecified atom stereocenters. The minimum Gasteiger partial charge on any atom is -0.463 e. The molecular formula is C15H20N2O9. The van der Waals surface area contributed by atoms with Gasteiger partial charge in [0.05, 0.1) is 0 Å². The summed E-state index contributed by atoms with van der Waals surface area (Å²) < 4.78 is 21.0. The van der Waals surface area contributed by atoms with Gasteiger partial charge in [-0.1, -0.05) is 0 Å². The second-order valence-electron chi connectivity index (χ2n) is 5.87. The predicted octanol–water partition coefficient (Wildman–Crippen LogP) is -0.922. The zero-order chi connectivity index (χ0) is 19.6. The molecule has 2 saturated heterocycles. The molecule has 1 N–H and O–H groups in total. The fourth-order valence-corrected chi connectivity index (χ4v) is 3.00. The summed E-state index contributed by atoms with van der Waals surface area (Å²) in [6, 6.07) is -1.78. The first-order valence-corrected chi connectivity index (χ1v) is 7.85. The highest BCUT2D eigenvalue weighted by atomic mass is 16.6. The summed E-state index contributed by atoms with van der Waals surface area (Å²) in [6.45, 7) is 4.33. The molecule has 0 spiro atoms. The van der Waals surface area contributed by atoms with Crippen LogP contribution in [0.3, 0.4) is 0 Å². The third-order valence-electron chi connectivity index (χ3n) is 3.84. The van der Waals surface area contributed by atoms with Gasteiger partial charge >= 0.3 is 23.9 Å². The maximum absolute atomic E-state index is 12.1. The van der Waals surface area contributed by atoms with Crippen molar-refractivity contribution in [2.75, 3.05) is 6.61 Å². The van der Waals surface area contributed by atoms with Crippen molar-refractivity contribution in [3.63, 3.8) is 0 Å². The average Bonchev–Trinajstić information content (AvgIpc) is 2.82. The lowest BCUT2D eigenvalue weighted by Gasteiger charge is -2.43. The molecule has 11 nitrogen and oxygen atoms in total. The van der Waals surface area contributed by atoms with Gasteiger partial charge in [0, 0.05) is 27.7 Å². The molecule has 0 aromatic rings. The summed E-state index contributed by atoms with van der Waals surface area (Å²) in [5, 5.41) is 2.45. The van der Waals surface area contributed by atoms with Gasteiger partial charge in [-0.3, -0.25) is 24.1 Å². The normalized spacial score (nSPS) is 30.1. The Balaban J connectivity index is 2.40. The van der Waals surface area contributed by atoms with Gasteiger partial charge in [-0.15, -0.1) is 0 Å². The molecule has 0 bridgehead atoms. The molecule has 0 saturated carbocycles. The number of hydrogen-bond donors (Lipinski definition) is 1. The molecule has 3 amide bonds. The van der Waals surface area contributed by atoms with Crippen LogP contribution >= 0.6 is 0 Å². The van der Waals surface area contributed by atoms with E-state index in [0.29, 0.717) is 0 Å². The Hall–Kier alpha value is -2.69. The van der Waals surface area contributed by atoms with E-state index in [9.17, 15) is 24.0 Å². The largest absolute Gasteiger partial charge is 0.463 e. The van der Waals surface area contributed by atoms with Crippen molar-refractivity contribution >= 4 is 29.8 Å². The molecule has 0 aliphatic carbocycles. The number of ether oxygens (including phenoxy) is 4. The standard InChI is InChI=1S/C15H20N2O9/c1-6(18)17-11-13(25-9(4)21)12(24-8(3)20)10(5-23-7(2)19)26-14(11)16-15(17)22/h10-14H,5H2,1-4H3,(H,16,22)/t10-,11+,12-,13-,14-/m1/s1. The van der Waals surface area contributed by atoms with Crippen molar-refractivity contribution in [2.45, 2.75) is 58.3 Å². The van der Waals surface area contributed by atoms with E-state index in [4.69, 9.17) is 18.9 Å². The third-order valence-corrected chi connectivity index (χ3v) is 3.84. The van der Waals surface area contributed by atoms with Crippen LogP contribution < -0.4 is 5.32 Å². The summed E-state index contributed by atoms with van der Waals surface area (Å²) in [6.07, 6.45) is -4.42. The van der Waals surface area contributed by atoms with E-state index >= 15 is 0 Å². The molecule has 144 valence electrons. The number of carbonyl (C=O) groups excluding carboxylic acids is 5. The number of nitrogens with one attached hydrogen (secondary N) is 1. The molecule has 0 aromatic carbocycles. The van der Waals surface area contributed by atoms with Crippen LogP contribution in [0.1, 0.15) is 27.7 Å². The Labute approximate surface area is 148 Å². The van der Waals surface area contributed by atoms with Crippen molar-refractivity contribution in [3.8, 4) is 0 Å². The van der Waals surface area contributed by atoms with Crippen molar-refractivity contribution in [1.29, 1.82) is 0 Å². The van der Waals surface area contributed by atoms with Crippen molar-refractivity contribution < 1.29 is 42.9 Å². The number of rotatable bonds is 4. The second kappa shape index (κ2) is 7.68.